The predicted molar refractivity (Wildman–Crippen MR) is 106 cm³/mol. The first-order valence-electron chi connectivity index (χ1n) is 9.50. The van der Waals surface area contributed by atoms with Crippen LogP contribution in [0.4, 0.5) is 0 Å². The third kappa shape index (κ3) is 4.67. The first kappa shape index (κ1) is 19.8. The van der Waals surface area contributed by atoms with Gasteiger partial charge in [-0.05, 0) is 24.7 Å². The topological polar surface area (TPSA) is 74.8 Å². The Morgan fingerprint density at radius 3 is 2.61 bits per heavy atom. The zero-order chi connectivity index (χ0) is 19.9. The molecule has 7 nitrogen and oxygen atoms in total. The summed E-state index contributed by atoms with van der Waals surface area (Å²) in [5.41, 5.74) is 1.60. The van der Waals surface area contributed by atoms with Gasteiger partial charge < -0.3 is 19.9 Å². The van der Waals surface area contributed by atoms with Crippen LogP contribution >= 0.6 is 0 Å². The molecule has 0 unspecified atom stereocenters. The van der Waals surface area contributed by atoms with Gasteiger partial charge in [-0.15, -0.1) is 0 Å². The summed E-state index contributed by atoms with van der Waals surface area (Å²) in [6, 6.07) is 10.7. The Labute approximate surface area is 165 Å². The van der Waals surface area contributed by atoms with E-state index in [-0.39, 0.29) is 11.8 Å². The van der Waals surface area contributed by atoms with Gasteiger partial charge in [0.15, 0.2) is 0 Å². The highest BCUT2D eigenvalue weighted by Gasteiger charge is 2.23. The second-order valence-corrected chi connectivity index (χ2v) is 6.65. The number of methoxy groups -OCH3 is 1. The number of nitrogens with zero attached hydrogens (tertiary/aromatic N) is 3. The molecule has 0 aliphatic carbocycles. The maximum Gasteiger partial charge on any atom is 0.272 e. The quantitative estimate of drug-likeness (QED) is 0.825. The largest absolute Gasteiger partial charge is 0.496 e. The minimum atomic E-state index is -0.252. The van der Waals surface area contributed by atoms with Crippen molar-refractivity contribution in [3.05, 3.63) is 59.4 Å². The van der Waals surface area contributed by atoms with E-state index in [1.807, 2.05) is 24.3 Å². The van der Waals surface area contributed by atoms with E-state index in [0.29, 0.717) is 30.9 Å². The van der Waals surface area contributed by atoms with E-state index < -0.39 is 0 Å². The first-order chi connectivity index (χ1) is 13.6. The van der Waals surface area contributed by atoms with E-state index >= 15 is 0 Å². The highest BCUT2D eigenvalue weighted by molar-refractivity contribution is 5.98. The number of benzene rings is 1. The molecule has 28 heavy (non-hydrogen) atoms. The molecule has 1 N–H and O–H groups in total. The number of amides is 2. The second-order valence-electron chi connectivity index (χ2n) is 6.65. The molecule has 0 spiro atoms. The summed E-state index contributed by atoms with van der Waals surface area (Å²) in [5.74, 6) is 0.341. The predicted octanol–water partition coefficient (Wildman–Crippen LogP) is 1.80. The molecule has 2 aromatic rings. The van der Waals surface area contributed by atoms with Crippen molar-refractivity contribution in [2.45, 2.75) is 13.5 Å². The van der Waals surface area contributed by atoms with Crippen molar-refractivity contribution in [2.75, 3.05) is 39.8 Å². The van der Waals surface area contributed by atoms with Crippen LogP contribution in [0.25, 0.3) is 0 Å². The maximum atomic E-state index is 12.7. The third-order valence-electron chi connectivity index (χ3n) is 4.98. The molecular formula is C21H26N4O3. The van der Waals surface area contributed by atoms with Gasteiger partial charge in [-0.3, -0.25) is 14.6 Å². The summed E-state index contributed by atoms with van der Waals surface area (Å²) in [4.78, 5) is 33.5. The molecule has 2 amide bonds. The Morgan fingerprint density at radius 1 is 1.14 bits per heavy atom. The molecule has 0 saturated carbocycles. The lowest BCUT2D eigenvalue weighted by Gasteiger charge is -2.33. The normalized spacial score (nSPS) is 14.6. The first-order valence-corrected chi connectivity index (χ1v) is 9.50. The van der Waals surface area contributed by atoms with Gasteiger partial charge in [-0.1, -0.05) is 25.1 Å². The van der Waals surface area contributed by atoms with Crippen LogP contribution in [0.15, 0.2) is 42.6 Å². The van der Waals surface area contributed by atoms with Gasteiger partial charge in [0.05, 0.1) is 7.11 Å². The summed E-state index contributed by atoms with van der Waals surface area (Å²) in [7, 11) is 1.60. The number of ether oxygens (including phenoxy) is 1. The summed E-state index contributed by atoms with van der Waals surface area (Å²) < 4.78 is 5.30. The van der Waals surface area contributed by atoms with E-state index in [2.05, 4.69) is 22.1 Å². The van der Waals surface area contributed by atoms with Crippen LogP contribution in [-0.2, 0) is 6.54 Å². The lowest BCUT2D eigenvalue weighted by atomic mass is 10.1. The summed E-state index contributed by atoms with van der Waals surface area (Å²) in [6.07, 6.45) is 1.51. The second kappa shape index (κ2) is 9.32. The number of piperazine rings is 1. The molecular weight excluding hydrogens is 356 g/mol. The number of rotatable bonds is 6. The Morgan fingerprint density at radius 2 is 1.89 bits per heavy atom. The molecule has 7 heteroatoms. The van der Waals surface area contributed by atoms with E-state index in [0.717, 1.165) is 30.9 Å². The van der Waals surface area contributed by atoms with Gasteiger partial charge in [0.25, 0.3) is 11.8 Å². The van der Waals surface area contributed by atoms with Crippen LogP contribution < -0.4 is 10.1 Å². The van der Waals surface area contributed by atoms with Crippen LogP contribution in [0.1, 0.15) is 33.3 Å². The maximum absolute atomic E-state index is 12.7. The number of nitrogens with one attached hydrogen (secondary N) is 1. The molecule has 0 radical (unpaired) electrons. The molecule has 1 saturated heterocycles. The lowest BCUT2D eigenvalue weighted by molar-refractivity contribution is 0.0637. The van der Waals surface area contributed by atoms with Crippen molar-refractivity contribution in [1.82, 2.24) is 20.1 Å². The van der Waals surface area contributed by atoms with Crippen LogP contribution in [0, 0.1) is 0 Å². The highest BCUT2D eigenvalue weighted by atomic mass is 16.5. The molecule has 1 aromatic carbocycles. The monoisotopic (exact) mass is 382 g/mol. The number of likely N-dealkylation sites (N-methyl/N-ethyl adjacent to an activating group) is 1. The number of hydrogen-bond acceptors (Lipinski definition) is 5. The van der Waals surface area contributed by atoms with Crippen molar-refractivity contribution in [2.24, 2.45) is 0 Å². The molecule has 0 bridgehead atoms. The van der Waals surface area contributed by atoms with Gasteiger partial charge in [-0.2, -0.15) is 0 Å². The molecule has 2 heterocycles. The number of aromatic nitrogens is 1. The van der Waals surface area contributed by atoms with Gasteiger partial charge >= 0.3 is 0 Å². The summed E-state index contributed by atoms with van der Waals surface area (Å²) in [5, 5.41) is 2.87. The SMILES string of the molecule is CCN1CCN(C(=O)c2cc(C(=O)NCc3ccccc3OC)ccn2)CC1. The van der Waals surface area contributed by atoms with Crippen molar-refractivity contribution in [3.63, 3.8) is 0 Å². The third-order valence-corrected chi connectivity index (χ3v) is 4.98. The summed E-state index contributed by atoms with van der Waals surface area (Å²) >= 11 is 0. The number of hydrogen-bond donors (Lipinski definition) is 1. The smallest absolute Gasteiger partial charge is 0.272 e. The van der Waals surface area contributed by atoms with Gasteiger partial charge in [0, 0.05) is 50.0 Å². The minimum Gasteiger partial charge on any atom is -0.496 e. The van der Waals surface area contributed by atoms with Crippen molar-refractivity contribution < 1.29 is 14.3 Å². The summed E-state index contributed by atoms with van der Waals surface area (Å²) in [6.45, 7) is 6.53. The fraction of sp³-hybridized carbons (Fsp3) is 0.381. The molecule has 0 atom stereocenters. The Kier molecular flexibility index (Phi) is 6.60. The van der Waals surface area contributed by atoms with Crippen LogP contribution in [0.5, 0.6) is 5.75 Å². The number of pyridine rings is 1. The standard InChI is InChI=1S/C21H26N4O3/c1-3-24-10-12-25(13-11-24)21(27)18-14-16(8-9-22-18)20(26)23-15-17-6-4-5-7-19(17)28-2/h4-9,14H,3,10-13,15H2,1-2H3,(H,23,26). The van der Waals surface area contributed by atoms with Crippen LogP contribution in [0.3, 0.4) is 0 Å². The molecule has 3 rings (SSSR count). The zero-order valence-electron chi connectivity index (χ0n) is 16.4. The highest BCUT2D eigenvalue weighted by Crippen LogP contribution is 2.17. The van der Waals surface area contributed by atoms with Gasteiger partial charge in [-0.25, -0.2) is 0 Å². The van der Waals surface area contributed by atoms with Crippen LogP contribution in [0.2, 0.25) is 0 Å². The van der Waals surface area contributed by atoms with E-state index in [9.17, 15) is 9.59 Å². The van der Waals surface area contributed by atoms with E-state index in [1.165, 1.54) is 6.20 Å². The van der Waals surface area contributed by atoms with E-state index in [4.69, 9.17) is 4.74 Å². The Hall–Kier alpha value is -2.93. The van der Waals surface area contributed by atoms with Gasteiger partial charge in [0.2, 0.25) is 0 Å². The molecule has 148 valence electrons. The Balaban J connectivity index is 1.64. The number of carbonyl (C=O) groups is 2. The van der Waals surface area contributed by atoms with Crippen molar-refractivity contribution >= 4 is 11.8 Å². The average molecular weight is 382 g/mol. The molecule has 1 fully saturated rings. The van der Waals surface area contributed by atoms with Gasteiger partial charge in [0.1, 0.15) is 11.4 Å². The number of carbonyl (C=O) groups excluding carboxylic acids is 2. The molecule has 1 aliphatic heterocycles. The zero-order valence-corrected chi connectivity index (χ0v) is 16.4. The van der Waals surface area contributed by atoms with E-state index in [1.54, 1.807) is 24.1 Å². The van der Waals surface area contributed by atoms with Crippen LogP contribution in [-0.4, -0.2) is 66.4 Å². The molecule has 1 aromatic heterocycles. The average Bonchev–Trinajstić information content (AvgIpc) is 2.77. The van der Waals surface area contributed by atoms with Crippen molar-refractivity contribution in [3.8, 4) is 5.75 Å². The molecule has 1 aliphatic rings. The minimum absolute atomic E-state index is 0.130. The Bertz CT molecular complexity index is 832. The lowest BCUT2D eigenvalue weighted by Crippen LogP contribution is -2.48. The van der Waals surface area contributed by atoms with Crippen molar-refractivity contribution in [1.29, 1.82) is 0 Å². The fourth-order valence-electron chi connectivity index (χ4n) is 3.24. The fourth-order valence-corrected chi connectivity index (χ4v) is 3.24. The number of para-hydroxylation sites is 1.